The Balaban J connectivity index is 2.02. The fourth-order valence-corrected chi connectivity index (χ4v) is 6.09. The molecule has 0 saturated heterocycles. The van der Waals surface area contributed by atoms with Gasteiger partial charge in [0.1, 0.15) is 12.4 Å². The molecule has 5 nitrogen and oxygen atoms in total. The number of aryl methyl sites for hydroxylation is 1. The van der Waals surface area contributed by atoms with Crippen molar-refractivity contribution in [1.29, 1.82) is 0 Å². The number of hydrogen-bond donors (Lipinski definition) is 1. The van der Waals surface area contributed by atoms with E-state index in [0.717, 1.165) is 36.9 Å². The number of esters is 1. The summed E-state index contributed by atoms with van der Waals surface area (Å²) in [6.45, 7) is 11.0. The molecule has 2 radical (unpaired) electrons. The summed E-state index contributed by atoms with van der Waals surface area (Å²) in [4.78, 5) is 11.2. The fraction of sp³-hybridized carbons (Fsp3) is 0.550. The molecule has 0 atom stereocenters. The van der Waals surface area contributed by atoms with Gasteiger partial charge in [-0.2, -0.15) is 0 Å². The van der Waals surface area contributed by atoms with Crippen LogP contribution in [0.3, 0.4) is 0 Å². The summed E-state index contributed by atoms with van der Waals surface area (Å²) in [5.41, 5.74) is 1.41. The van der Waals surface area contributed by atoms with Crippen molar-refractivity contribution >= 4 is 24.0 Å². The Bertz CT molecular complexity index is 589. The minimum Gasteiger partial charge on any atom is -0.508 e. The van der Waals surface area contributed by atoms with Crippen LogP contribution in [-0.2, 0) is 24.8 Å². The second-order valence-electron chi connectivity index (χ2n) is 7.12. The summed E-state index contributed by atoms with van der Waals surface area (Å²) in [5, 5.41) is 9.81. The third kappa shape index (κ3) is 11.1. The molecular formula is C20H32O5Si2. The molecule has 0 aliphatic carbocycles. The number of ether oxygens (including phenoxy) is 2. The predicted molar refractivity (Wildman–Crippen MR) is 112 cm³/mol. The van der Waals surface area contributed by atoms with E-state index in [9.17, 15) is 9.90 Å². The molecule has 0 saturated carbocycles. The Morgan fingerprint density at radius 3 is 2.63 bits per heavy atom. The van der Waals surface area contributed by atoms with E-state index in [1.54, 1.807) is 13.0 Å². The molecule has 0 aromatic heterocycles. The van der Waals surface area contributed by atoms with Gasteiger partial charge in [0.15, 0.2) is 8.32 Å². The van der Waals surface area contributed by atoms with Crippen molar-refractivity contribution in [3.05, 3.63) is 42.0 Å². The standard InChI is InChI=1S/C20H32O5Si2/c1-17(2)20(22)24-14-13-23-12-8-15-26-25-27(3,4)16-7-10-18-9-5-6-11-19(18)21/h5-6,9,11,21H,1,7-8,10,12-16H2,2-4H3. The van der Waals surface area contributed by atoms with Crippen molar-refractivity contribution in [1.82, 2.24) is 0 Å². The van der Waals surface area contributed by atoms with E-state index in [1.165, 1.54) is 0 Å². The number of para-hydroxylation sites is 1. The zero-order valence-corrected chi connectivity index (χ0v) is 18.8. The SMILES string of the molecule is C=C(C)C(=O)OCCOCCC[Si]O[Si](C)(C)CCCc1ccccc1O. The van der Waals surface area contributed by atoms with E-state index in [4.69, 9.17) is 13.6 Å². The van der Waals surface area contributed by atoms with Gasteiger partial charge in [0.25, 0.3) is 0 Å². The quantitative estimate of drug-likeness (QED) is 0.217. The zero-order chi connectivity index (χ0) is 20.1. The average Bonchev–Trinajstić information content (AvgIpc) is 2.61. The Hall–Kier alpha value is -1.42. The molecule has 1 N–H and O–H groups in total. The number of carbonyl (C=O) groups is 1. The summed E-state index contributed by atoms with van der Waals surface area (Å²) >= 11 is 0. The van der Waals surface area contributed by atoms with Crippen LogP contribution >= 0.6 is 0 Å². The smallest absolute Gasteiger partial charge is 0.333 e. The molecule has 0 aliphatic heterocycles. The normalized spacial score (nSPS) is 11.4. The zero-order valence-electron chi connectivity index (χ0n) is 16.8. The van der Waals surface area contributed by atoms with E-state index in [2.05, 4.69) is 19.7 Å². The van der Waals surface area contributed by atoms with Gasteiger partial charge in [-0.05, 0) is 63.0 Å². The number of carbonyl (C=O) groups excluding carboxylic acids is 1. The van der Waals surface area contributed by atoms with Crippen LogP contribution in [0.1, 0.15) is 25.3 Å². The molecule has 1 aromatic carbocycles. The van der Waals surface area contributed by atoms with Gasteiger partial charge in [-0.15, -0.1) is 0 Å². The fourth-order valence-electron chi connectivity index (χ4n) is 2.39. The van der Waals surface area contributed by atoms with Crippen LogP contribution < -0.4 is 0 Å². The second kappa shape index (κ2) is 12.9. The first-order valence-electron chi connectivity index (χ1n) is 9.40. The van der Waals surface area contributed by atoms with Gasteiger partial charge in [0, 0.05) is 12.2 Å². The first kappa shape index (κ1) is 23.6. The Labute approximate surface area is 166 Å². The Kier molecular flexibility index (Phi) is 11.3. The number of aromatic hydroxyl groups is 1. The van der Waals surface area contributed by atoms with Crippen LogP contribution in [0.2, 0.25) is 25.2 Å². The third-order valence-corrected chi connectivity index (χ3v) is 8.84. The van der Waals surface area contributed by atoms with E-state index >= 15 is 0 Å². The molecule has 0 aliphatic rings. The lowest BCUT2D eigenvalue weighted by atomic mass is 10.1. The lowest BCUT2D eigenvalue weighted by Crippen LogP contribution is -2.32. The Morgan fingerprint density at radius 2 is 1.93 bits per heavy atom. The van der Waals surface area contributed by atoms with Crippen LogP contribution in [0, 0.1) is 0 Å². The highest BCUT2D eigenvalue weighted by molar-refractivity contribution is 6.75. The summed E-state index contributed by atoms with van der Waals surface area (Å²) in [5.74, 6) is 0.0114. The minimum atomic E-state index is -1.65. The maximum atomic E-state index is 11.2. The molecule has 7 heteroatoms. The van der Waals surface area contributed by atoms with Gasteiger partial charge in [0.2, 0.25) is 9.76 Å². The largest absolute Gasteiger partial charge is 0.508 e. The first-order valence-corrected chi connectivity index (χ1v) is 13.6. The lowest BCUT2D eigenvalue weighted by Gasteiger charge is -2.23. The summed E-state index contributed by atoms with van der Waals surface area (Å²) in [6.07, 6.45) is 2.86. The van der Waals surface area contributed by atoms with Crippen molar-refractivity contribution in [3.8, 4) is 5.75 Å². The maximum Gasteiger partial charge on any atom is 0.333 e. The van der Waals surface area contributed by atoms with Crippen molar-refractivity contribution < 1.29 is 23.5 Å². The monoisotopic (exact) mass is 408 g/mol. The van der Waals surface area contributed by atoms with Gasteiger partial charge in [-0.3, -0.25) is 0 Å². The van der Waals surface area contributed by atoms with Crippen LogP contribution in [0.15, 0.2) is 36.4 Å². The van der Waals surface area contributed by atoms with E-state index in [-0.39, 0.29) is 12.6 Å². The molecule has 150 valence electrons. The number of benzene rings is 1. The van der Waals surface area contributed by atoms with Crippen molar-refractivity contribution in [3.63, 3.8) is 0 Å². The molecule has 1 aromatic rings. The van der Waals surface area contributed by atoms with Gasteiger partial charge in [-0.1, -0.05) is 24.8 Å². The molecule has 0 bridgehead atoms. The van der Waals surface area contributed by atoms with E-state index < -0.39 is 8.32 Å². The van der Waals surface area contributed by atoms with Gasteiger partial charge in [-0.25, -0.2) is 4.79 Å². The van der Waals surface area contributed by atoms with Crippen LogP contribution in [0.4, 0.5) is 0 Å². The highest BCUT2D eigenvalue weighted by Crippen LogP contribution is 2.21. The third-order valence-electron chi connectivity index (χ3n) is 3.94. The van der Waals surface area contributed by atoms with Crippen molar-refractivity contribution in [2.45, 2.75) is 51.4 Å². The molecule has 0 fully saturated rings. The lowest BCUT2D eigenvalue weighted by molar-refractivity contribution is -0.140. The van der Waals surface area contributed by atoms with Gasteiger partial charge < -0.3 is 18.7 Å². The summed E-state index contributed by atoms with van der Waals surface area (Å²) < 4.78 is 16.6. The summed E-state index contributed by atoms with van der Waals surface area (Å²) in [7, 11) is -1.16. The highest BCUT2D eigenvalue weighted by atomic mass is 28.4. The number of phenols is 1. The number of rotatable bonds is 14. The average molecular weight is 409 g/mol. The topological polar surface area (TPSA) is 65.0 Å². The van der Waals surface area contributed by atoms with Gasteiger partial charge in [0.05, 0.1) is 6.61 Å². The first-order chi connectivity index (χ1) is 12.8. The molecule has 0 unspecified atom stereocenters. The number of phenolic OH excluding ortho intramolecular Hbond substituents is 1. The van der Waals surface area contributed by atoms with Crippen LogP contribution in [0.25, 0.3) is 0 Å². The van der Waals surface area contributed by atoms with Crippen LogP contribution in [-0.4, -0.2) is 49.0 Å². The molecule has 0 spiro atoms. The highest BCUT2D eigenvalue weighted by Gasteiger charge is 2.21. The van der Waals surface area contributed by atoms with Crippen molar-refractivity contribution in [2.24, 2.45) is 0 Å². The van der Waals surface area contributed by atoms with Gasteiger partial charge >= 0.3 is 5.97 Å². The summed E-state index contributed by atoms with van der Waals surface area (Å²) in [6, 6.07) is 9.59. The number of hydrogen-bond acceptors (Lipinski definition) is 5. The molecular weight excluding hydrogens is 376 g/mol. The van der Waals surface area contributed by atoms with E-state index in [1.807, 2.05) is 18.2 Å². The van der Waals surface area contributed by atoms with Crippen molar-refractivity contribution in [2.75, 3.05) is 19.8 Å². The Morgan fingerprint density at radius 1 is 1.19 bits per heavy atom. The molecule has 27 heavy (non-hydrogen) atoms. The van der Waals surface area contributed by atoms with E-state index in [0.29, 0.717) is 34.3 Å². The minimum absolute atomic E-state index is 0.265. The molecule has 0 heterocycles. The maximum absolute atomic E-state index is 11.2. The van der Waals surface area contributed by atoms with Crippen LogP contribution in [0.5, 0.6) is 5.75 Å². The molecule has 0 amide bonds. The molecule has 1 rings (SSSR count). The second-order valence-corrected chi connectivity index (χ2v) is 12.7. The predicted octanol–water partition coefficient (Wildman–Crippen LogP) is 4.11.